The first-order valence-corrected chi connectivity index (χ1v) is 8.10. The number of rotatable bonds is 3. The van der Waals surface area contributed by atoms with Crippen molar-refractivity contribution < 1.29 is 4.79 Å². The topological polar surface area (TPSA) is 29.1 Å². The fourth-order valence-corrected chi connectivity index (χ4v) is 3.39. The van der Waals surface area contributed by atoms with Gasteiger partial charge in [0.05, 0.1) is 0 Å². The third-order valence-electron chi connectivity index (χ3n) is 3.53. The van der Waals surface area contributed by atoms with Gasteiger partial charge in [-0.3, -0.25) is 4.79 Å². The van der Waals surface area contributed by atoms with Gasteiger partial charge >= 0.3 is 0 Å². The molecule has 3 rings (SSSR count). The van der Waals surface area contributed by atoms with Crippen molar-refractivity contribution in [2.24, 2.45) is 5.92 Å². The normalized spacial score (nSPS) is 20.1. The predicted molar refractivity (Wildman–Crippen MR) is 90.1 cm³/mol. The number of anilines is 1. The Morgan fingerprint density at radius 1 is 1.14 bits per heavy atom. The molecule has 1 aliphatic carbocycles. The minimum Gasteiger partial charge on any atom is -0.326 e. The van der Waals surface area contributed by atoms with Crippen molar-refractivity contribution in [3.63, 3.8) is 0 Å². The Balaban J connectivity index is 1.68. The first kappa shape index (κ1) is 14.9. The quantitative estimate of drug-likeness (QED) is 0.743. The van der Waals surface area contributed by atoms with Crippen LogP contribution >= 0.6 is 39.1 Å². The lowest BCUT2D eigenvalue weighted by Gasteiger charge is -2.06. The number of carbonyl (C=O) groups excluding carboxylic acids is 1. The average molecular weight is 385 g/mol. The molecule has 0 heterocycles. The molecule has 1 aliphatic rings. The van der Waals surface area contributed by atoms with Gasteiger partial charge in [0, 0.05) is 26.1 Å². The highest BCUT2D eigenvalue weighted by atomic mass is 79.9. The molecule has 0 aliphatic heterocycles. The van der Waals surface area contributed by atoms with Crippen molar-refractivity contribution in [1.29, 1.82) is 0 Å². The van der Waals surface area contributed by atoms with Crippen LogP contribution in [0.2, 0.25) is 10.0 Å². The summed E-state index contributed by atoms with van der Waals surface area (Å²) in [5.74, 6) is 0.223. The summed E-state index contributed by atoms with van der Waals surface area (Å²) in [6, 6.07) is 13.0. The first-order valence-electron chi connectivity index (χ1n) is 6.55. The van der Waals surface area contributed by atoms with Crippen LogP contribution in [0.25, 0.3) is 0 Å². The number of hydrogen-bond donors (Lipinski definition) is 1. The second kappa shape index (κ2) is 5.99. The van der Waals surface area contributed by atoms with Gasteiger partial charge in [-0.1, -0.05) is 45.2 Å². The molecule has 1 saturated carbocycles. The van der Waals surface area contributed by atoms with Crippen molar-refractivity contribution in [2.45, 2.75) is 12.3 Å². The number of halogens is 3. The van der Waals surface area contributed by atoms with E-state index in [-0.39, 0.29) is 17.7 Å². The van der Waals surface area contributed by atoms with Crippen molar-refractivity contribution in [3.8, 4) is 0 Å². The largest absolute Gasteiger partial charge is 0.326 e. The highest BCUT2D eigenvalue weighted by molar-refractivity contribution is 9.10. The molecule has 0 radical (unpaired) electrons. The predicted octanol–water partition coefficient (Wildman–Crippen LogP) is 5.50. The molecule has 2 atom stereocenters. The zero-order valence-corrected chi connectivity index (χ0v) is 14.0. The van der Waals surface area contributed by atoms with Crippen molar-refractivity contribution >= 4 is 50.7 Å². The molecular weight excluding hydrogens is 373 g/mol. The number of carbonyl (C=O) groups is 1. The summed E-state index contributed by atoms with van der Waals surface area (Å²) in [5.41, 5.74) is 1.83. The van der Waals surface area contributed by atoms with Crippen LogP contribution in [0.5, 0.6) is 0 Å². The maximum Gasteiger partial charge on any atom is 0.228 e. The van der Waals surface area contributed by atoms with E-state index in [1.165, 1.54) is 0 Å². The third kappa shape index (κ3) is 3.60. The zero-order chi connectivity index (χ0) is 15.0. The van der Waals surface area contributed by atoms with E-state index < -0.39 is 0 Å². The van der Waals surface area contributed by atoms with Crippen LogP contribution in [0.4, 0.5) is 5.69 Å². The van der Waals surface area contributed by atoms with Gasteiger partial charge in [0.15, 0.2) is 0 Å². The fourth-order valence-electron chi connectivity index (χ4n) is 2.44. The van der Waals surface area contributed by atoms with E-state index in [1.807, 2.05) is 36.4 Å². The van der Waals surface area contributed by atoms with Crippen molar-refractivity contribution in [2.75, 3.05) is 5.32 Å². The lowest BCUT2D eigenvalue weighted by atomic mass is 10.1. The Morgan fingerprint density at radius 2 is 1.86 bits per heavy atom. The monoisotopic (exact) mass is 383 g/mol. The first-order chi connectivity index (χ1) is 10.0. The second-order valence-electron chi connectivity index (χ2n) is 5.15. The van der Waals surface area contributed by atoms with Gasteiger partial charge in [-0.05, 0) is 54.3 Å². The number of hydrogen-bond acceptors (Lipinski definition) is 1. The molecule has 2 nitrogen and oxygen atoms in total. The molecule has 21 heavy (non-hydrogen) atoms. The molecule has 0 saturated heterocycles. The minimum absolute atomic E-state index is 0.0153. The van der Waals surface area contributed by atoms with E-state index in [9.17, 15) is 4.79 Å². The molecule has 2 aromatic rings. The van der Waals surface area contributed by atoms with E-state index in [2.05, 4.69) is 21.2 Å². The lowest BCUT2D eigenvalue weighted by Crippen LogP contribution is -2.14. The summed E-state index contributed by atoms with van der Waals surface area (Å²) in [7, 11) is 0. The standard InChI is InChI=1S/C16H12BrCl2NO/c17-10-2-1-3-13(6-10)20-16(21)15-8-14(15)9-4-11(18)7-12(19)5-9/h1-7,14-15H,8H2,(H,20,21)/t14-,15-/m0/s1. The number of benzene rings is 2. The molecule has 2 aromatic carbocycles. The van der Waals surface area contributed by atoms with Gasteiger partial charge in [0.2, 0.25) is 5.91 Å². The van der Waals surface area contributed by atoms with E-state index in [0.29, 0.717) is 10.0 Å². The molecule has 5 heteroatoms. The average Bonchev–Trinajstić information content (AvgIpc) is 3.17. The van der Waals surface area contributed by atoms with Gasteiger partial charge < -0.3 is 5.32 Å². The van der Waals surface area contributed by atoms with E-state index in [0.717, 1.165) is 22.1 Å². The summed E-state index contributed by atoms with van der Waals surface area (Å²) < 4.78 is 0.939. The number of nitrogens with one attached hydrogen (secondary N) is 1. The molecular formula is C16H12BrCl2NO. The van der Waals surface area contributed by atoms with Crippen molar-refractivity contribution in [3.05, 3.63) is 62.5 Å². The third-order valence-corrected chi connectivity index (χ3v) is 4.46. The van der Waals surface area contributed by atoms with Crippen LogP contribution in [0.3, 0.4) is 0 Å². The summed E-state index contributed by atoms with van der Waals surface area (Å²) in [4.78, 5) is 12.2. The van der Waals surface area contributed by atoms with Crippen LogP contribution in [-0.4, -0.2) is 5.91 Å². The molecule has 1 fully saturated rings. The van der Waals surface area contributed by atoms with E-state index >= 15 is 0 Å². The summed E-state index contributed by atoms with van der Waals surface area (Å²) in [6.07, 6.45) is 0.830. The fraction of sp³-hybridized carbons (Fsp3) is 0.188. The van der Waals surface area contributed by atoms with Gasteiger partial charge in [-0.15, -0.1) is 0 Å². The number of amides is 1. The maximum atomic E-state index is 12.2. The molecule has 108 valence electrons. The van der Waals surface area contributed by atoms with Crippen LogP contribution < -0.4 is 5.32 Å². The molecule has 0 aromatic heterocycles. The Kier molecular flexibility index (Phi) is 4.25. The van der Waals surface area contributed by atoms with Gasteiger partial charge in [0.1, 0.15) is 0 Å². The highest BCUT2D eigenvalue weighted by Crippen LogP contribution is 2.49. The van der Waals surface area contributed by atoms with Crippen LogP contribution in [0, 0.1) is 5.92 Å². The van der Waals surface area contributed by atoms with Gasteiger partial charge in [0.25, 0.3) is 0 Å². The Bertz CT molecular complexity index is 684. The Hall–Kier alpha value is -1.03. The summed E-state index contributed by atoms with van der Waals surface area (Å²) >= 11 is 15.4. The second-order valence-corrected chi connectivity index (χ2v) is 6.94. The Morgan fingerprint density at radius 3 is 2.52 bits per heavy atom. The Labute approximate surface area is 141 Å². The van der Waals surface area contributed by atoms with Crippen molar-refractivity contribution in [1.82, 2.24) is 0 Å². The summed E-state index contributed by atoms with van der Waals surface area (Å²) in [5, 5.41) is 4.15. The maximum absolute atomic E-state index is 12.2. The smallest absolute Gasteiger partial charge is 0.228 e. The lowest BCUT2D eigenvalue weighted by molar-refractivity contribution is -0.117. The summed E-state index contributed by atoms with van der Waals surface area (Å²) in [6.45, 7) is 0. The molecule has 0 spiro atoms. The molecule has 0 unspecified atom stereocenters. The molecule has 1 amide bonds. The van der Waals surface area contributed by atoms with Gasteiger partial charge in [-0.2, -0.15) is 0 Å². The van der Waals surface area contributed by atoms with E-state index in [4.69, 9.17) is 23.2 Å². The van der Waals surface area contributed by atoms with Crippen LogP contribution in [-0.2, 0) is 4.79 Å². The zero-order valence-electron chi connectivity index (χ0n) is 10.9. The SMILES string of the molecule is O=C(Nc1cccc(Br)c1)[C@H]1C[C@H]1c1cc(Cl)cc(Cl)c1. The molecule has 0 bridgehead atoms. The van der Waals surface area contributed by atoms with Crippen LogP contribution in [0.15, 0.2) is 46.9 Å². The minimum atomic E-state index is -0.0153. The van der Waals surface area contributed by atoms with E-state index in [1.54, 1.807) is 6.07 Å². The highest BCUT2D eigenvalue weighted by Gasteiger charge is 2.44. The van der Waals surface area contributed by atoms with Crippen LogP contribution in [0.1, 0.15) is 17.9 Å². The van der Waals surface area contributed by atoms with Gasteiger partial charge in [-0.25, -0.2) is 0 Å². The molecule has 1 N–H and O–H groups in total.